The van der Waals surface area contributed by atoms with E-state index in [2.05, 4.69) is 14.5 Å². The van der Waals surface area contributed by atoms with E-state index >= 15 is 0 Å². The van der Waals surface area contributed by atoms with Crippen molar-refractivity contribution in [1.29, 1.82) is 0 Å². The van der Waals surface area contributed by atoms with Crippen molar-refractivity contribution in [3.8, 4) is 0 Å². The molecule has 5 heteroatoms. The summed E-state index contributed by atoms with van der Waals surface area (Å²) in [6, 6.07) is 7.97. The van der Waals surface area contributed by atoms with E-state index in [-0.39, 0.29) is 5.91 Å². The number of rotatable bonds is 3. The molecule has 0 aliphatic carbocycles. The van der Waals surface area contributed by atoms with Gasteiger partial charge in [0.05, 0.1) is 5.56 Å². The van der Waals surface area contributed by atoms with Crippen LogP contribution in [0.5, 0.6) is 0 Å². The summed E-state index contributed by atoms with van der Waals surface area (Å²) in [7, 11) is 0. The quantitative estimate of drug-likeness (QED) is 0.805. The van der Waals surface area contributed by atoms with Crippen LogP contribution in [0.2, 0.25) is 0 Å². The number of benzene rings is 1. The third-order valence-corrected chi connectivity index (χ3v) is 5.10. The van der Waals surface area contributed by atoms with Crippen LogP contribution < -0.4 is 0 Å². The first kappa shape index (κ1) is 15.0. The zero-order chi connectivity index (χ0) is 16.5. The van der Waals surface area contributed by atoms with Crippen molar-refractivity contribution in [3.05, 3.63) is 54.2 Å². The number of H-pyrrole nitrogens is 1. The molecule has 124 valence electrons. The van der Waals surface area contributed by atoms with Crippen molar-refractivity contribution in [2.45, 2.75) is 26.3 Å². The van der Waals surface area contributed by atoms with Gasteiger partial charge in [0.25, 0.3) is 5.91 Å². The van der Waals surface area contributed by atoms with Gasteiger partial charge in [-0.05, 0) is 31.7 Å². The molecular formula is C19H22N4O. The van der Waals surface area contributed by atoms with Gasteiger partial charge in [-0.3, -0.25) is 4.79 Å². The number of aromatic amines is 1. The molecular weight excluding hydrogens is 300 g/mol. The Balaban J connectivity index is 1.42. The largest absolute Gasteiger partial charge is 0.360 e. The second-order valence-electron chi connectivity index (χ2n) is 6.61. The Hall–Kier alpha value is -2.56. The second kappa shape index (κ2) is 6.15. The molecule has 1 saturated heterocycles. The third-order valence-electron chi connectivity index (χ3n) is 5.10. The first-order valence-electron chi connectivity index (χ1n) is 8.55. The fraction of sp³-hybridized carbons (Fsp3) is 0.368. The number of aromatic nitrogens is 3. The van der Waals surface area contributed by atoms with Gasteiger partial charge in [0.1, 0.15) is 5.82 Å². The van der Waals surface area contributed by atoms with Crippen molar-refractivity contribution in [2.24, 2.45) is 5.92 Å². The first-order chi connectivity index (χ1) is 11.7. The van der Waals surface area contributed by atoms with E-state index in [1.807, 2.05) is 54.7 Å². The number of likely N-dealkylation sites (tertiary alicyclic amines) is 1. The van der Waals surface area contributed by atoms with Gasteiger partial charge in [0.2, 0.25) is 0 Å². The number of nitrogens with zero attached hydrogens (tertiary/aromatic N) is 3. The number of carbonyl (C=O) groups is 1. The predicted molar refractivity (Wildman–Crippen MR) is 93.9 cm³/mol. The Morgan fingerprint density at radius 2 is 2.08 bits per heavy atom. The first-order valence-corrected chi connectivity index (χ1v) is 8.55. The molecule has 1 amide bonds. The van der Waals surface area contributed by atoms with E-state index in [0.29, 0.717) is 5.92 Å². The van der Waals surface area contributed by atoms with Crippen molar-refractivity contribution < 1.29 is 4.79 Å². The molecule has 24 heavy (non-hydrogen) atoms. The molecule has 3 aromatic rings. The highest BCUT2D eigenvalue weighted by molar-refractivity contribution is 6.06. The normalized spacial score (nSPS) is 16.0. The third kappa shape index (κ3) is 2.70. The van der Waals surface area contributed by atoms with Crippen molar-refractivity contribution in [1.82, 2.24) is 19.4 Å². The maximum Gasteiger partial charge on any atom is 0.256 e. The van der Waals surface area contributed by atoms with Gasteiger partial charge in [-0.15, -0.1) is 0 Å². The summed E-state index contributed by atoms with van der Waals surface area (Å²) in [5.74, 6) is 1.82. The lowest BCUT2D eigenvalue weighted by Crippen LogP contribution is -2.39. The number of aryl methyl sites for hydroxylation is 1. The molecule has 1 fully saturated rings. The maximum absolute atomic E-state index is 12.8. The van der Waals surface area contributed by atoms with Gasteiger partial charge in [-0.1, -0.05) is 18.2 Å². The molecule has 1 N–H and O–H groups in total. The van der Waals surface area contributed by atoms with Crippen LogP contribution in [-0.2, 0) is 6.54 Å². The Kier molecular flexibility index (Phi) is 3.84. The Morgan fingerprint density at radius 1 is 1.29 bits per heavy atom. The Morgan fingerprint density at radius 3 is 2.83 bits per heavy atom. The number of fused-ring (bicyclic) bond motifs is 1. The van der Waals surface area contributed by atoms with Gasteiger partial charge >= 0.3 is 0 Å². The van der Waals surface area contributed by atoms with E-state index in [9.17, 15) is 4.79 Å². The number of piperidine rings is 1. The lowest BCUT2D eigenvalue weighted by Gasteiger charge is -2.32. The standard InChI is InChI=1S/C19H22N4O/c1-14-20-8-11-23(14)13-15-6-9-22(10-7-15)19(24)17-12-21-18-5-3-2-4-16(17)18/h2-5,8,11-12,15,21H,6-7,9-10,13H2,1H3. The van der Waals surface area contributed by atoms with Crippen molar-refractivity contribution in [3.63, 3.8) is 0 Å². The SMILES string of the molecule is Cc1nccn1CC1CCN(C(=O)c2c[nH]c3ccccc23)CC1. The molecule has 0 spiro atoms. The monoisotopic (exact) mass is 322 g/mol. The highest BCUT2D eigenvalue weighted by Gasteiger charge is 2.25. The van der Waals surface area contributed by atoms with Crippen LogP contribution in [0.4, 0.5) is 0 Å². The van der Waals surface area contributed by atoms with Crippen LogP contribution in [-0.4, -0.2) is 38.4 Å². The fourth-order valence-corrected chi connectivity index (χ4v) is 3.61. The number of hydrogen-bond acceptors (Lipinski definition) is 2. The molecule has 0 radical (unpaired) electrons. The summed E-state index contributed by atoms with van der Waals surface area (Å²) in [6.07, 6.45) is 7.83. The van der Waals surface area contributed by atoms with Crippen LogP contribution in [0.3, 0.4) is 0 Å². The molecule has 0 bridgehead atoms. The van der Waals surface area contributed by atoms with Crippen molar-refractivity contribution >= 4 is 16.8 Å². The summed E-state index contributed by atoms with van der Waals surface area (Å²) in [5, 5.41) is 1.01. The molecule has 3 heterocycles. The number of nitrogens with one attached hydrogen (secondary N) is 1. The summed E-state index contributed by atoms with van der Waals surface area (Å²) >= 11 is 0. The molecule has 2 aromatic heterocycles. The molecule has 0 atom stereocenters. The summed E-state index contributed by atoms with van der Waals surface area (Å²) < 4.78 is 2.21. The highest BCUT2D eigenvalue weighted by Crippen LogP contribution is 2.24. The molecule has 0 unspecified atom stereocenters. The van der Waals surface area contributed by atoms with Crippen molar-refractivity contribution in [2.75, 3.05) is 13.1 Å². The minimum atomic E-state index is 0.143. The second-order valence-corrected chi connectivity index (χ2v) is 6.61. The number of para-hydroxylation sites is 1. The van der Waals surface area contributed by atoms with Gasteiger partial charge in [0.15, 0.2) is 0 Å². The molecule has 4 rings (SSSR count). The number of carbonyl (C=O) groups excluding carboxylic acids is 1. The van der Waals surface area contributed by atoms with Crippen LogP contribution in [0, 0.1) is 12.8 Å². The molecule has 5 nitrogen and oxygen atoms in total. The number of imidazole rings is 1. The van der Waals surface area contributed by atoms with Gasteiger partial charge in [0, 0.05) is 49.1 Å². The zero-order valence-electron chi connectivity index (χ0n) is 13.9. The summed E-state index contributed by atoms with van der Waals surface area (Å²) in [5.41, 5.74) is 1.81. The lowest BCUT2D eigenvalue weighted by molar-refractivity contribution is 0.0684. The lowest BCUT2D eigenvalue weighted by atomic mass is 9.96. The number of hydrogen-bond donors (Lipinski definition) is 1. The van der Waals surface area contributed by atoms with E-state index < -0.39 is 0 Å². The topological polar surface area (TPSA) is 53.9 Å². The summed E-state index contributed by atoms with van der Waals surface area (Å²) in [6.45, 7) is 4.70. The van der Waals surface area contributed by atoms with E-state index in [0.717, 1.165) is 54.8 Å². The zero-order valence-corrected chi connectivity index (χ0v) is 13.9. The van der Waals surface area contributed by atoms with Crippen LogP contribution in [0.25, 0.3) is 10.9 Å². The summed E-state index contributed by atoms with van der Waals surface area (Å²) in [4.78, 5) is 22.3. The predicted octanol–water partition coefficient (Wildman–Crippen LogP) is 3.23. The molecule has 1 aromatic carbocycles. The maximum atomic E-state index is 12.8. The highest BCUT2D eigenvalue weighted by atomic mass is 16.2. The average molecular weight is 322 g/mol. The smallest absolute Gasteiger partial charge is 0.256 e. The Bertz CT molecular complexity index is 855. The minimum absolute atomic E-state index is 0.143. The van der Waals surface area contributed by atoms with E-state index in [1.54, 1.807) is 0 Å². The van der Waals surface area contributed by atoms with Gasteiger partial charge < -0.3 is 14.5 Å². The molecule has 0 saturated carbocycles. The van der Waals surface area contributed by atoms with Gasteiger partial charge in [-0.25, -0.2) is 4.98 Å². The van der Waals surface area contributed by atoms with Crippen LogP contribution in [0.15, 0.2) is 42.9 Å². The van der Waals surface area contributed by atoms with Crippen LogP contribution >= 0.6 is 0 Å². The number of amides is 1. The minimum Gasteiger partial charge on any atom is -0.360 e. The van der Waals surface area contributed by atoms with Gasteiger partial charge in [-0.2, -0.15) is 0 Å². The molecule has 1 aliphatic rings. The average Bonchev–Trinajstić information content (AvgIpc) is 3.21. The Labute approximate surface area is 141 Å². The fourth-order valence-electron chi connectivity index (χ4n) is 3.61. The van der Waals surface area contributed by atoms with E-state index in [1.165, 1.54) is 0 Å². The van der Waals surface area contributed by atoms with Crippen LogP contribution in [0.1, 0.15) is 29.0 Å². The van der Waals surface area contributed by atoms with E-state index in [4.69, 9.17) is 0 Å². The molecule has 1 aliphatic heterocycles.